The van der Waals surface area contributed by atoms with Crippen LogP contribution < -0.4 is 4.74 Å². The molecule has 0 aromatic heterocycles. The molecule has 0 spiro atoms. The lowest BCUT2D eigenvalue weighted by atomic mass is 9.81. The molecule has 4 nitrogen and oxygen atoms in total. The molecule has 2 aromatic carbocycles. The van der Waals surface area contributed by atoms with Crippen LogP contribution in [0.1, 0.15) is 56.6 Å². The van der Waals surface area contributed by atoms with Crippen molar-refractivity contribution >= 4 is 11.8 Å². The lowest BCUT2D eigenvalue weighted by Crippen LogP contribution is -2.59. The highest BCUT2D eigenvalue weighted by Gasteiger charge is 2.55. The number of carbonyl (C=O) groups excluding carboxylic acids is 2. The quantitative estimate of drug-likeness (QED) is 0.312. The van der Waals surface area contributed by atoms with Gasteiger partial charge in [0.05, 0.1) is 0 Å². The summed E-state index contributed by atoms with van der Waals surface area (Å²) in [6, 6.07) is 17.7. The number of benzene rings is 2. The standard InChI is InChI=1S/C24H28O4/c1-2-3-4-5-9-16-24(22(25)23(26)28-24)17-19-12-14-21(15-13-19)27-18-20-10-7-6-8-11-20/h6-8,10-15H,2-5,9,16-18H2,1H3. The average molecular weight is 380 g/mol. The number of hydrogen-bond acceptors (Lipinski definition) is 4. The van der Waals surface area contributed by atoms with E-state index in [1.165, 1.54) is 12.8 Å². The Labute approximate surface area is 166 Å². The molecule has 0 bridgehead atoms. The van der Waals surface area contributed by atoms with Gasteiger partial charge in [0.1, 0.15) is 12.4 Å². The summed E-state index contributed by atoms with van der Waals surface area (Å²) in [5, 5.41) is 0. The number of ether oxygens (including phenoxy) is 2. The topological polar surface area (TPSA) is 52.6 Å². The third-order valence-corrected chi connectivity index (χ3v) is 5.23. The number of unbranched alkanes of at least 4 members (excludes halogenated alkanes) is 4. The monoisotopic (exact) mass is 380 g/mol. The first-order valence-electron chi connectivity index (χ1n) is 10.2. The van der Waals surface area contributed by atoms with Crippen molar-refractivity contribution in [1.29, 1.82) is 0 Å². The first kappa shape index (κ1) is 20.1. The van der Waals surface area contributed by atoms with E-state index < -0.39 is 11.6 Å². The SMILES string of the molecule is CCCCCCCC1(Cc2ccc(OCc3ccccc3)cc2)OC(=O)C1=O. The van der Waals surface area contributed by atoms with E-state index in [0.717, 1.165) is 36.1 Å². The first-order chi connectivity index (χ1) is 13.6. The summed E-state index contributed by atoms with van der Waals surface area (Å²) in [6.07, 6.45) is 6.53. The smallest absolute Gasteiger partial charge is 0.380 e. The van der Waals surface area contributed by atoms with Crippen molar-refractivity contribution in [2.45, 2.75) is 64.1 Å². The maximum absolute atomic E-state index is 12.2. The number of ketones is 1. The molecule has 28 heavy (non-hydrogen) atoms. The summed E-state index contributed by atoms with van der Waals surface area (Å²) in [5.41, 5.74) is 1.12. The van der Waals surface area contributed by atoms with Gasteiger partial charge in [0.25, 0.3) is 5.78 Å². The third kappa shape index (κ3) is 5.00. The zero-order valence-corrected chi connectivity index (χ0v) is 16.5. The summed E-state index contributed by atoms with van der Waals surface area (Å²) in [6.45, 7) is 2.68. The van der Waals surface area contributed by atoms with E-state index in [9.17, 15) is 9.59 Å². The van der Waals surface area contributed by atoms with Gasteiger partial charge in [-0.3, -0.25) is 4.79 Å². The molecular weight excluding hydrogens is 352 g/mol. The molecule has 0 saturated carbocycles. The molecule has 0 amide bonds. The predicted octanol–water partition coefficient (Wildman–Crippen LogP) is 5.03. The molecular formula is C24H28O4. The normalized spacial score (nSPS) is 18.5. The number of esters is 1. The first-order valence-corrected chi connectivity index (χ1v) is 10.2. The molecule has 0 aliphatic carbocycles. The van der Waals surface area contributed by atoms with Gasteiger partial charge in [0.2, 0.25) is 0 Å². The maximum Gasteiger partial charge on any atom is 0.380 e. The Morgan fingerprint density at radius 3 is 2.21 bits per heavy atom. The third-order valence-electron chi connectivity index (χ3n) is 5.23. The number of hydrogen-bond donors (Lipinski definition) is 0. The molecule has 4 heteroatoms. The van der Waals surface area contributed by atoms with Crippen LogP contribution in [-0.2, 0) is 27.4 Å². The predicted molar refractivity (Wildman–Crippen MR) is 108 cm³/mol. The van der Waals surface area contributed by atoms with Crippen molar-refractivity contribution in [3.8, 4) is 5.75 Å². The molecule has 148 valence electrons. The largest absolute Gasteiger partial charge is 0.489 e. The Kier molecular flexibility index (Phi) is 6.85. The molecule has 3 rings (SSSR count). The molecule has 2 aromatic rings. The summed E-state index contributed by atoms with van der Waals surface area (Å²) >= 11 is 0. The number of carbonyl (C=O) groups is 2. The van der Waals surface area contributed by atoms with Crippen LogP contribution in [0, 0.1) is 0 Å². The average Bonchev–Trinajstić information content (AvgIpc) is 2.73. The van der Waals surface area contributed by atoms with Crippen LogP contribution in [-0.4, -0.2) is 17.4 Å². The van der Waals surface area contributed by atoms with Gasteiger partial charge >= 0.3 is 5.97 Å². The van der Waals surface area contributed by atoms with Crippen LogP contribution in [0.15, 0.2) is 54.6 Å². The Morgan fingerprint density at radius 2 is 1.57 bits per heavy atom. The van der Waals surface area contributed by atoms with Crippen LogP contribution in [0.3, 0.4) is 0 Å². The van der Waals surface area contributed by atoms with Gasteiger partial charge in [0, 0.05) is 6.42 Å². The Bertz CT molecular complexity index is 782. The van der Waals surface area contributed by atoms with Crippen molar-refractivity contribution in [1.82, 2.24) is 0 Å². The molecule has 1 aliphatic rings. The van der Waals surface area contributed by atoms with E-state index in [0.29, 0.717) is 19.4 Å². The van der Waals surface area contributed by atoms with Crippen LogP contribution in [0.4, 0.5) is 0 Å². The number of Topliss-reactive ketones (excluding diaryl/α,β-unsaturated/α-hetero) is 1. The lowest BCUT2D eigenvalue weighted by Gasteiger charge is -2.38. The molecule has 1 fully saturated rings. The fourth-order valence-corrected chi connectivity index (χ4v) is 3.57. The van der Waals surface area contributed by atoms with Crippen LogP contribution >= 0.6 is 0 Å². The van der Waals surface area contributed by atoms with Gasteiger partial charge in [0.15, 0.2) is 5.60 Å². The Hall–Kier alpha value is -2.62. The Balaban J connectivity index is 1.55. The highest BCUT2D eigenvalue weighted by molar-refractivity contribution is 6.42. The lowest BCUT2D eigenvalue weighted by molar-refractivity contribution is -0.195. The molecule has 1 aliphatic heterocycles. The van der Waals surface area contributed by atoms with Crippen LogP contribution in [0.2, 0.25) is 0 Å². The van der Waals surface area contributed by atoms with E-state index in [1.54, 1.807) is 0 Å². The highest BCUT2D eigenvalue weighted by Crippen LogP contribution is 2.34. The second-order valence-electron chi connectivity index (χ2n) is 7.47. The number of rotatable bonds is 11. The fourth-order valence-electron chi connectivity index (χ4n) is 3.57. The molecule has 1 unspecified atom stereocenters. The second-order valence-corrected chi connectivity index (χ2v) is 7.47. The van der Waals surface area contributed by atoms with E-state index in [4.69, 9.17) is 9.47 Å². The van der Waals surface area contributed by atoms with E-state index >= 15 is 0 Å². The minimum Gasteiger partial charge on any atom is -0.489 e. The zero-order chi connectivity index (χ0) is 19.8. The van der Waals surface area contributed by atoms with Gasteiger partial charge in [-0.2, -0.15) is 0 Å². The van der Waals surface area contributed by atoms with E-state index in [2.05, 4.69) is 6.92 Å². The van der Waals surface area contributed by atoms with Gasteiger partial charge in [-0.1, -0.05) is 75.1 Å². The van der Waals surface area contributed by atoms with Crippen LogP contribution in [0.5, 0.6) is 5.75 Å². The molecule has 1 atom stereocenters. The van der Waals surface area contributed by atoms with Gasteiger partial charge in [-0.15, -0.1) is 0 Å². The van der Waals surface area contributed by atoms with Crippen molar-refractivity contribution in [2.75, 3.05) is 0 Å². The second kappa shape index (κ2) is 9.54. The molecule has 1 saturated heterocycles. The van der Waals surface area contributed by atoms with Crippen molar-refractivity contribution in [3.05, 3.63) is 65.7 Å². The molecule has 1 heterocycles. The van der Waals surface area contributed by atoms with E-state index in [-0.39, 0.29) is 5.78 Å². The molecule has 0 N–H and O–H groups in total. The van der Waals surface area contributed by atoms with Crippen molar-refractivity contribution < 1.29 is 19.1 Å². The number of cyclic esters (lactones) is 1. The Morgan fingerprint density at radius 1 is 0.857 bits per heavy atom. The van der Waals surface area contributed by atoms with Crippen molar-refractivity contribution in [2.24, 2.45) is 0 Å². The van der Waals surface area contributed by atoms with Crippen molar-refractivity contribution in [3.63, 3.8) is 0 Å². The summed E-state index contributed by atoms with van der Waals surface area (Å²) < 4.78 is 11.2. The zero-order valence-electron chi connectivity index (χ0n) is 16.5. The minimum atomic E-state index is -0.963. The fraction of sp³-hybridized carbons (Fsp3) is 0.417. The summed E-state index contributed by atoms with van der Waals surface area (Å²) in [7, 11) is 0. The van der Waals surface area contributed by atoms with Crippen LogP contribution in [0.25, 0.3) is 0 Å². The highest BCUT2D eigenvalue weighted by atomic mass is 16.6. The maximum atomic E-state index is 12.2. The summed E-state index contributed by atoms with van der Waals surface area (Å²) in [5.74, 6) is -0.304. The van der Waals surface area contributed by atoms with E-state index in [1.807, 2.05) is 54.6 Å². The van der Waals surface area contributed by atoms with Gasteiger partial charge < -0.3 is 9.47 Å². The summed E-state index contributed by atoms with van der Waals surface area (Å²) in [4.78, 5) is 23.7. The van der Waals surface area contributed by atoms with Gasteiger partial charge in [-0.25, -0.2) is 4.79 Å². The minimum absolute atomic E-state index is 0.382. The van der Waals surface area contributed by atoms with Gasteiger partial charge in [-0.05, 0) is 36.1 Å². The molecule has 0 radical (unpaired) electrons.